The SMILES string of the molecule is CCC(=O)Nc1ccc(S(=O)(=O)N2CCN(Cc3ccc(C)cc3)c3ncccc32)cc1. The number of benzene rings is 2. The Balaban J connectivity index is 1.60. The van der Waals surface area contributed by atoms with Crippen LogP contribution in [-0.2, 0) is 21.4 Å². The van der Waals surface area contributed by atoms with Crippen LogP contribution >= 0.6 is 0 Å². The summed E-state index contributed by atoms with van der Waals surface area (Å²) in [6, 6.07) is 18.1. The molecule has 0 unspecified atom stereocenters. The fourth-order valence-corrected chi connectivity index (χ4v) is 5.13. The number of fused-ring (bicyclic) bond motifs is 1. The Labute approximate surface area is 188 Å². The number of nitrogens with one attached hydrogen (secondary N) is 1. The van der Waals surface area contributed by atoms with E-state index in [0.717, 1.165) is 5.56 Å². The molecule has 0 saturated heterocycles. The van der Waals surface area contributed by atoms with E-state index in [4.69, 9.17) is 0 Å². The van der Waals surface area contributed by atoms with Crippen molar-refractivity contribution in [2.45, 2.75) is 31.7 Å². The molecule has 166 valence electrons. The molecule has 1 amide bonds. The van der Waals surface area contributed by atoms with Crippen molar-refractivity contribution in [3.8, 4) is 0 Å². The summed E-state index contributed by atoms with van der Waals surface area (Å²) in [7, 11) is -3.77. The van der Waals surface area contributed by atoms with Crippen molar-refractivity contribution in [3.05, 3.63) is 78.0 Å². The maximum Gasteiger partial charge on any atom is 0.264 e. The second kappa shape index (κ2) is 9.00. The van der Waals surface area contributed by atoms with Crippen molar-refractivity contribution in [3.63, 3.8) is 0 Å². The summed E-state index contributed by atoms with van der Waals surface area (Å²) < 4.78 is 28.3. The van der Waals surface area contributed by atoms with Gasteiger partial charge in [-0.3, -0.25) is 9.10 Å². The number of anilines is 3. The normalized spacial score (nSPS) is 13.6. The van der Waals surface area contributed by atoms with Crippen LogP contribution in [0.25, 0.3) is 0 Å². The van der Waals surface area contributed by atoms with Gasteiger partial charge in [-0.2, -0.15) is 0 Å². The highest BCUT2D eigenvalue weighted by molar-refractivity contribution is 7.92. The van der Waals surface area contributed by atoms with Crippen LogP contribution in [0.15, 0.2) is 71.8 Å². The molecule has 1 aromatic heterocycles. The number of aryl methyl sites for hydroxylation is 1. The lowest BCUT2D eigenvalue weighted by molar-refractivity contribution is -0.115. The number of carbonyl (C=O) groups excluding carboxylic acids is 1. The third kappa shape index (κ3) is 4.45. The molecule has 0 fully saturated rings. The van der Waals surface area contributed by atoms with Crippen molar-refractivity contribution in [2.75, 3.05) is 27.6 Å². The van der Waals surface area contributed by atoms with E-state index in [0.29, 0.717) is 43.2 Å². The van der Waals surface area contributed by atoms with Gasteiger partial charge in [0.2, 0.25) is 5.91 Å². The molecule has 8 heteroatoms. The summed E-state index contributed by atoms with van der Waals surface area (Å²) >= 11 is 0. The van der Waals surface area contributed by atoms with Gasteiger partial charge in [0.1, 0.15) is 0 Å². The predicted molar refractivity (Wildman–Crippen MR) is 126 cm³/mol. The van der Waals surface area contributed by atoms with E-state index >= 15 is 0 Å². The first-order chi connectivity index (χ1) is 15.4. The second-order valence-electron chi connectivity index (χ2n) is 7.76. The van der Waals surface area contributed by atoms with Gasteiger partial charge in [-0.05, 0) is 48.9 Å². The van der Waals surface area contributed by atoms with Crippen molar-refractivity contribution >= 4 is 33.1 Å². The first-order valence-corrected chi connectivity index (χ1v) is 12.0. The monoisotopic (exact) mass is 450 g/mol. The second-order valence-corrected chi connectivity index (χ2v) is 9.62. The zero-order valence-corrected chi connectivity index (χ0v) is 19.0. The average molecular weight is 451 g/mol. The number of carbonyl (C=O) groups is 1. The van der Waals surface area contributed by atoms with Gasteiger partial charge in [0.05, 0.1) is 17.1 Å². The van der Waals surface area contributed by atoms with Crippen molar-refractivity contribution in [1.82, 2.24) is 4.98 Å². The minimum atomic E-state index is -3.77. The van der Waals surface area contributed by atoms with E-state index in [1.54, 1.807) is 37.4 Å². The first kappa shape index (κ1) is 21.8. The van der Waals surface area contributed by atoms with Crippen LogP contribution < -0.4 is 14.5 Å². The molecule has 0 radical (unpaired) electrons. The van der Waals surface area contributed by atoms with E-state index in [2.05, 4.69) is 46.4 Å². The molecule has 2 aromatic carbocycles. The predicted octanol–water partition coefficient (Wildman–Crippen LogP) is 3.95. The summed E-state index contributed by atoms with van der Waals surface area (Å²) in [5.41, 5.74) is 3.48. The summed E-state index contributed by atoms with van der Waals surface area (Å²) in [5, 5.41) is 2.73. The molecule has 0 aliphatic carbocycles. The lowest BCUT2D eigenvalue weighted by atomic mass is 10.1. The highest BCUT2D eigenvalue weighted by Gasteiger charge is 2.32. The Bertz CT molecular complexity index is 1210. The Hall–Kier alpha value is -3.39. The number of nitrogens with zero attached hydrogens (tertiary/aromatic N) is 3. The van der Waals surface area contributed by atoms with Crippen LogP contribution in [0.4, 0.5) is 17.2 Å². The first-order valence-electron chi connectivity index (χ1n) is 10.6. The van der Waals surface area contributed by atoms with Crippen molar-refractivity contribution < 1.29 is 13.2 Å². The van der Waals surface area contributed by atoms with Crippen molar-refractivity contribution in [1.29, 1.82) is 0 Å². The number of rotatable bonds is 6. The number of pyridine rings is 1. The van der Waals surface area contributed by atoms with Gasteiger partial charge in [0.15, 0.2) is 5.82 Å². The molecule has 1 aliphatic rings. The molecule has 3 aromatic rings. The maximum atomic E-state index is 13.4. The Morgan fingerprint density at radius 3 is 2.44 bits per heavy atom. The summed E-state index contributed by atoms with van der Waals surface area (Å²) in [6.07, 6.45) is 2.04. The van der Waals surface area contributed by atoms with Crippen LogP contribution in [0.2, 0.25) is 0 Å². The molecule has 0 saturated carbocycles. The van der Waals surface area contributed by atoms with Crippen LogP contribution in [-0.4, -0.2) is 32.4 Å². The molecule has 4 rings (SSSR count). The van der Waals surface area contributed by atoms with Gasteiger partial charge in [0, 0.05) is 31.4 Å². The molecule has 1 aliphatic heterocycles. The number of aromatic nitrogens is 1. The van der Waals surface area contributed by atoms with Crippen LogP contribution in [0, 0.1) is 6.92 Å². The van der Waals surface area contributed by atoms with E-state index in [9.17, 15) is 13.2 Å². The molecule has 7 nitrogen and oxygen atoms in total. The van der Waals surface area contributed by atoms with E-state index in [1.165, 1.54) is 22.0 Å². The van der Waals surface area contributed by atoms with Gasteiger partial charge in [-0.15, -0.1) is 0 Å². The molecule has 0 bridgehead atoms. The third-order valence-corrected chi connectivity index (χ3v) is 7.28. The molecule has 0 spiro atoms. The minimum absolute atomic E-state index is 0.120. The van der Waals surface area contributed by atoms with Crippen LogP contribution in [0.1, 0.15) is 24.5 Å². The lowest BCUT2D eigenvalue weighted by Gasteiger charge is -2.37. The maximum absolute atomic E-state index is 13.4. The Morgan fingerprint density at radius 1 is 1.03 bits per heavy atom. The zero-order chi connectivity index (χ0) is 22.7. The quantitative estimate of drug-likeness (QED) is 0.615. The molecule has 1 N–H and O–H groups in total. The fraction of sp³-hybridized carbons (Fsp3) is 0.250. The van der Waals surface area contributed by atoms with E-state index < -0.39 is 10.0 Å². The summed E-state index contributed by atoms with van der Waals surface area (Å²) in [4.78, 5) is 18.4. The van der Waals surface area contributed by atoms with Gasteiger partial charge in [-0.1, -0.05) is 36.8 Å². The highest BCUT2D eigenvalue weighted by Crippen LogP contribution is 2.35. The largest absolute Gasteiger partial charge is 0.349 e. The molecule has 0 atom stereocenters. The van der Waals surface area contributed by atoms with Crippen molar-refractivity contribution in [2.24, 2.45) is 0 Å². The Morgan fingerprint density at radius 2 is 1.75 bits per heavy atom. The minimum Gasteiger partial charge on any atom is -0.349 e. The number of hydrogen-bond donors (Lipinski definition) is 1. The van der Waals surface area contributed by atoms with Crippen LogP contribution in [0.5, 0.6) is 0 Å². The zero-order valence-electron chi connectivity index (χ0n) is 18.2. The smallest absolute Gasteiger partial charge is 0.264 e. The molecule has 2 heterocycles. The summed E-state index contributed by atoms with van der Waals surface area (Å²) in [6.45, 7) is 5.32. The van der Waals surface area contributed by atoms with Gasteiger partial charge < -0.3 is 10.2 Å². The highest BCUT2D eigenvalue weighted by atomic mass is 32.2. The van der Waals surface area contributed by atoms with E-state index in [-0.39, 0.29) is 10.8 Å². The number of sulfonamides is 1. The average Bonchev–Trinajstić information content (AvgIpc) is 2.81. The van der Waals surface area contributed by atoms with Gasteiger partial charge in [0.25, 0.3) is 10.0 Å². The lowest BCUT2D eigenvalue weighted by Crippen LogP contribution is -2.44. The third-order valence-electron chi connectivity index (χ3n) is 5.45. The van der Waals surface area contributed by atoms with Gasteiger partial charge >= 0.3 is 0 Å². The number of hydrogen-bond acceptors (Lipinski definition) is 5. The number of amides is 1. The molecular formula is C24H26N4O3S. The molecular weight excluding hydrogens is 424 g/mol. The topological polar surface area (TPSA) is 82.6 Å². The van der Waals surface area contributed by atoms with Gasteiger partial charge in [-0.25, -0.2) is 13.4 Å². The fourth-order valence-electron chi connectivity index (χ4n) is 3.67. The van der Waals surface area contributed by atoms with E-state index in [1.807, 2.05) is 0 Å². The Kier molecular flexibility index (Phi) is 6.14. The van der Waals surface area contributed by atoms with Crippen LogP contribution in [0.3, 0.4) is 0 Å². The summed E-state index contributed by atoms with van der Waals surface area (Å²) in [5.74, 6) is 0.528. The standard InChI is InChI=1S/C24H26N4O3S/c1-3-23(29)26-20-10-12-21(13-11-20)32(30,31)28-16-15-27(24-22(28)5-4-14-25-24)17-19-8-6-18(2)7-9-19/h4-14H,3,15-17H2,1-2H3,(H,26,29). The molecule has 32 heavy (non-hydrogen) atoms.